The molecule has 1 heterocycles. The van der Waals surface area contributed by atoms with Crippen molar-refractivity contribution >= 4 is 5.91 Å². The first kappa shape index (κ1) is 24.6. The van der Waals surface area contributed by atoms with E-state index in [1.54, 1.807) is 0 Å². The lowest BCUT2D eigenvalue weighted by molar-refractivity contribution is -0.135. The van der Waals surface area contributed by atoms with E-state index in [0.717, 1.165) is 41.5 Å². The van der Waals surface area contributed by atoms with Gasteiger partial charge >= 0.3 is 0 Å². The van der Waals surface area contributed by atoms with Gasteiger partial charge in [0, 0.05) is 24.6 Å². The number of unbranched alkanes of at least 4 members (excludes halogenated alkanes) is 3. The van der Waals surface area contributed by atoms with E-state index in [4.69, 9.17) is 0 Å². The van der Waals surface area contributed by atoms with Crippen LogP contribution in [0.1, 0.15) is 71.8 Å². The molecule has 0 fully saturated rings. The number of nitrogens with one attached hydrogen (secondary N) is 1. The van der Waals surface area contributed by atoms with Crippen LogP contribution >= 0.6 is 0 Å². The number of carbonyl (C=O) groups is 1. The number of aromatic amines is 1. The second kappa shape index (κ2) is 12.3. The van der Waals surface area contributed by atoms with E-state index in [-0.39, 0.29) is 11.9 Å². The maximum absolute atomic E-state index is 13.1. The van der Waals surface area contributed by atoms with Gasteiger partial charge in [-0.25, -0.2) is 0 Å². The SMILES string of the molecule is CCCCCCC(=O)N(Cc1ccc(-c2ccccc2-c2nn[nH]n2)cc1)C(C)C(C)CC. The largest absolute Gasteiger partial charge is 0.335 e. The number of hydrogen-bond acceptors (Lipinski definition) is 4. The van der Waals surface area contributed by atoms with Crippen molar-refractivity contribution in [3.05, 3.63) is 54.1 Å². The van der Waals surface area contributed by atoms with Gasteiger partial charge in [0.2, 0.25) is 11.7 Å². The minimum atomic E-state index is 0.215. The van der Waals surface area contributed by atoms with Crippen LogP contribution in [0.25, 0.3) is 22.5 Å². The standard InChI is InChI=1S/C27H37N5O/c1-5-7-8-9-14-26(33)32(21(4)20(3)6-2)19-22-15-17-23(18-16-22)24-12-10-11-13-25(24)27-28-30-31-29-27/h10-13,15-18,20-21H,5-9,14,19H2,1-4H3,(H,28,29,30,31). The Balaban J connectivity index is 1.77. The van der Waals surface area contributed by atoms with Gasteiger partial charge < -0.3 is 4.90 Å². The number of aromatic nitrogens is 4. The van der Waals surface area contributed by atoms with Crippen LogP contribution in [0.4, 0.5) is 0 Å². The van der Waals surface area contributed by atoms with Gasteiger partial charge in [0.15, 0.2) is 0 Å². The van der Waals surface area contributed by atoms with Crippen LogP contribution in [0.5, 0.6) is 0 Å². The third-order valence-corrected chi connectivity index (χ3v) is 6.65. The quantitative estimate of drug-likeness (QED) is 0.332. The van der Waals surface area contributed by atoms with Crippen molar-refractivity contribution in [1.82, 2.24) is 25.5 Å². The van der Waals surface area contributed by atoms with Gasteiger partial charge in [0.25, 0.3) is 0 Å². The number of H-pyrrole nitrogens is 1. The van der Waals surface area contributed by atoms with E-state index >= 15 is 0 Å². The minimum absolute atomic E-state index is 0.215. The fourth-order valence-electron chi connectivity index (χ4n) is 4.15. The van der Waals surface area contributed by atoms with E-state index in [2.05, 4.69) is 83.6 Å². The molecule has 0 radical (unpaired) electrons. The highest BCUT2D eigenvalue weighted by Crippen LogP contribution is 2.30. The maximum atomic E-state index is 13.1. The molecule has 6 heteroatoms. The summed E-state index contributed by atoms with van der Waals surface area (Å²) in [6.07, 6.45) is 6.18. The fourth-order valence-corrected chi connectivity index (χ4v) is 4.15. The second-order valence-corrected chi connectivity index (χ2v) is 8.94. The van der Waals surface area contributed by atoms with Gasteiger partial charge in [0.1, 0.15) is 0 Å². The van der Waals surface area contributed by atoms with E-state index < -0.39 is 0 Å². The van der Waals surface area contributed by atoms with E-state index in [0.29, 0.717) is 24.7 Å². The molecule has 176 valence electrons. The molecule has 2 atom stereocenters. The molecule has 6 nitrogen and oxygen atoms in total. The topological polar surface area (TPSA) is 74.8 Å². The molecule has 0 saturated heterocycles. The van der Waals surface area contributed by atoms with Crippen LogP contribution in [0, 0.1) is 5.92 Å². The molecule has 0 saturated carbocycles. The molecule has 0 aliphatic heterocycles. The molecule has 1 aromatic heterocycles. The zero-order chi connectivity index (χ0) is 23.6. The number of hydrogen-bond donors (Lipinski definition) is 1. The van der Waals surface area contributed by atoms with Crippen molar-refractivity contribution in [3.8, 4) is 22.5 Å². The monoisotopic (exact) mass is 447 g/mol. The molecule has 3 aromatic rings. The molecule has 0 aliphatic rings. The Bertz CT molecular complexity index is 984. The summed E-state index contributed by atoms with van der Waals surface area (Å²) in [6, 6.07) is 16.8. The van der Waals surface area contributed by atoms with Crippen LogP contribution in [0.15, 0.2) is 48.5 Å². The summed E-state index contributed by atoms with van der Waals surface area (Å²) in [6.45, 7) is 9.46. The van der Waals surface area contributed by atoms with Crippen LogP contribution in [-0.4, -0.2) is 37.5 Å². The summed E-state index contributed by atoms with van der Waals surface area (Å²) in [4.78, 5) is 15.2. The number of nitrogens with zero attached hydrogens (tertiary/aromatic N) is 4. The van der Waals surface area contributed by atoms with Crippen molar-refractivity contribution in [2.75, 3.05) is 0 Å². The first-order chi connectivity index (χ1) is 16.0. The molecule has 33 heavy (non-hydrogen) atoms. The number of tetrazole rings is 1. The molecule has 1 amide bonds. The molecule has 3 rings (SSSR count). The Kier molecular flexibility index (Phi) is 9.16. The number of amides is 1. The first-order valence-electron chi connectivity index (χ1n) is 12.3. The third-order valence-electron chi connectivity index (χ3n) is 6.65. The molecule has 0 spiro atoms. The van der Waals surface area contributed by atoms with Crippen molar-refractivity contribution in [2.24, 2.45) is 5.92 Å². The molecule has 0 bridgehead atoms. The summed E-state index contributed by atoms with van der Waals surface area (Å²) >= 11 is 0. The van der Waals surface area contributed by atoms with Crippen molar-refractivity contribution in [1.29, 1.82) is 0 Å². The highest BCUT2D eigenvalue weighted by molar-refractivity contribution is 5.80. The number of carbonyl (C=O) groups excluding carboxylic acids is 1. The summed E-state index contributed by atoms with van der Waals surface area (Å²) in [5, 5.41) is 14.5. The van der Waals surface area contributed by atoms with Gasteiger partial charge in [-0.1, -0.05) is 95.0 Å². The summed E-state index contributed by atoms with van der Waals surface area (Å²) < 4.78 is 0. The average molecular weight is 448 g/mol. The van der Waals surface area contributed by atoms with Crippen LogP contribution in [-0.2, 0) is 11.3 Å². The van der Waals surface area contributed by atoms with Gasteiger partial charge in [-0.2, -0.15) is 5.21 Å². The first-order valence-corrected chi connectivity index (χ1v) is 12.3. The fraction of sp³-hybridized carbons (Fsp3) is 0.481. The maximum Gasteiger partial charge on any atom is 0.223 e. The van der Waals surface area contributed by atoms with E-state index in [9.17, 15) is 4.79 Å². The summed E-state index contributed by atoms with van der Waals surface area (Å²) in [7, 11) is 0. The predicted octanol–water partition coefficient (Wildman–Crippen LogP) is 6.27. The van der Waals surface area contributed by atoms with Gasteiger partial charge in [0.05, 0.1) is 0 Å². The minimum Gasteiger partial charge on any atom is -0.335 e. The van der Waals surface area contributed by atoms with Crippen molar-refractivity contribution in [2.45, 2.75) is 78.8 Å². The van der Waals surface area contributed by atoms with E-state index in [1.807, 2.05) is 18.2 Å². The van der Waals surface area contributed by atoms with Crippen molar-refractivity contribution < 1.29 is 4.79 Å². The zero-order valence-electron chi connectivity index (χ0n) is 20.4. The molecular formula is C27H37N5O. The van der Waals surface area contributed by atoms with Crippen LogP contribution in [0.3, 0.4) is 0 Å². The zero-order valence-corrected chi connectivity index (χ0v) is 20.4. The smallest absolute Gasteiger partial charge is 0.223 e. The average Bonchev–Trinajstić information content (AvgIpc) is 3.39. The van der Waals surface area contributed by atoms with Gasteiger partial charge in [-0.05, 0) is 41.2 Å². The molecule has 2 aromatic carbocycles. The lowest BCUT2D eigenvalue weighted by Crippen LogP contribution is -2.41. The Hall–Kier alpha value is -3.02. The van der Waals surface area contributed by atoms with E-state index in [1.165, 1.54) is 12.8 Å². The van der Waals surface area contributed by atoms with Gasteiger partial charge in [-0.3, -0.25) is 4.79 Å². The molecule has 0 aliphatic carbocycles. The Morgan fingerprint density at radius 2 is 1.70 bits per heavy atom. The second-order valence-electron chi connectivity index (χ2n) is 8.94. The highest BCUT2D eigenvalue weighted by atomic mass is 16.2. The lowest BCUT2D eigenvalue weighted by Gasteiger charge is -2.33. The normalized spacial score (nSPS) is 13.0. The van der Waals surface area contributed by atoms with Crippen LogP contribution in [0.2, 0.25) is 0 Å². The number of rotatable bonds is 12. The Morgan fingerprint density at radius 1 is 0.970 bits per heavy atom. The van der Waals surface area contributed by atoms with Crippen molar-refractivity contribution in [3.63, 3.8) is 0 Å². The molecule has 2 unspecified atom stereocenters. The predicted molar refractivity (Wildman–Crippen MR) is 133 cm³/mol. The molecular weight excluding hydrogens is 410 g/mol. The van der Waals surface area contributed by atoms with Crippen LogP contribution < -0.4 is 0 Å². The van der Waals surface area contributed by atoms with Gasteiger partial charge in [-0.15, -0.1) is 10.2 Å². The molecule has 1 N–H and O–H groups in total. The highest BCUT2D eigenvalue weighted by Gasteiger charge is 2.24. The summed E-state index contributed by atoms with van der Waals surface area (Å²) in [5.41, 5.74) is 4.23. The Morgan fingerprint density at radius 3 is 2.33 bits per heavy atom. The Labute approximate surface area is 197 Å². The lowest BCUT2D eigenvalue weighted by atomic mass is 9.96. The number of benzene rings is 2. The summed E-state index contributed by atoms with van der Waals surface area (Å²) in [5.74, 6) is 1.31. The third kappa shape index (κ3) is 6.50.